The summed E-state index contributed by atoms with van der Waals surface area (Å²) in [6.07, 6.45) is 9.91. The zero-order chi connectivity index (χ0) is 13.9. The van der Waals surface area contributed by atoms with Crippen LogP contribution in [-0.2, 0) is 9.59 Å². The van der Waals surface area contributed by atoms with Crippen molar-refractivity contribution in [2.45, 2.75) is 63.8 Å². The zero-order valence-electron chi connectivity index (χ0n) is 12.4. The van der Waals surface area contributed by atoms with Crippen molar-refractivity contribution in [1.82, 2.24) is 9.80 Å². The molecule has 0 aromatic heterocycles. The maximum atomic E-state index is 12.6. The van der Waals surface area contributed by atoms with E-state index in [4.69, 9.17) is 0 Å². The highest BCUT2D eigenvalue weighted by Crippen LogP contribution is 2.30. The molecule has 1 atom stereocenters. The van der Waals surface area contributed by atoms with E-state index in [-0.39, 0.29) is 17.7 Å². The van der Waals surface area contributed by atoms with E-state index >= 15 is 0 Å². The quantitative estimate of drug-likeness (QED) is 0.777. The molecule has 2 heterocycles. The van der Waals surface area contributed by atoms with E-state index in [1.807, 2.05) is 9.80 Å². The Morgan fingerprint density at radius 2 is 1.60 bits per heavy atom. The van der Waals surface area contributed by atoms with Crippen LogP contribution in [0, 0.1) is 5.92 Å². The first kappa shape index (κ1) is 13.9. The zero-order valence-corrected chi connectivity index (χ0v) is 12.4. The third kappa shape index (κ3) is 2.84. The van der Waals surface area contributed by atoms with Crippen molar-refractivity contribution in [1.29, 1.82) is 0 Å². The van der Waals surface area contributed by atoms with E-state index in [9.17, 15) is 9.59 Å². The third-order valence-electron chi connectivity index (χ3n) is 5.19. The minimum atomic E-state index is -0.0683. The molecule has 20 heavy (non-hydrogen) atoms. The lowest BCUT2D eigenvalue weighted by Crippen LogP contribution is -2.39. The fraction of sp³-hybridized carbons (Fsp3) is 0.875. The molecular formula is C16H26N2O2. The standard InChI is InChI=1S/C16H26N2O2/c19-15-11-13(12-18(15)14-7-3-4-8-14)16(20)17-9-5-1-2-6-10-17/h13-14H,1-12H2/t13-/m1/s1. The average molecular weight is 278 g/mol. The number of nitrogens with zero attached hydrogens (tertiary/aromatic N) is 2. The molecule has 0 radical (unpaired) electrons. The molecule has 0 unspecified atom stereocenters. The van der Waals surface area contributed by atoms with Gasteiger partial charge in [-0.25, -0.2) is 0 Å². The Balaban J connectivity index is 1.60. The van der Waals surface area contributed by atoms with E-state index in [0.717, 1.165) is 38.8 Å². The van der Waals surface area contributed by atoms with E-state index in [2.05, 4.69) is 0 Å². The molecule has 0 aromatic rings. The first-order valence-corrected chi connectivity index (χ1v) is 8.34. The highest BCUT2D eigenvalue weighted by molar-refractivity contribution is 5.89. The second kappa shape index (κ2) is 6.15. The van der Waals surface area contributed by atoms with Gasteiger partial charge in [-0.15, -0.1) is 0 Å². The number of hydrogen-bond donors (Lipinski definition) is 0. The second-order valence-electron chi connectivity index (χ2n) is 6.62. The molecule has 2 saturated heterocycles. The Morgan fingerprint density at radius 1 is 0.950 bits per heavy atom. The van der Waals surface area contributed by atoms with Gasteiger partial charge in [-0.05, 0) is 25.7 Å². The van der Waals surface area contributed by atoms with Crippen LogP contribution in [0.15, 0.2) is 0 Å². The Labute approximate surface area is 121 Å². The first-order chi connectivity index (χ1) is 9.75. The molecule has 0 spiro atoms. The van der Waals surface area contributed by atoms with Crippen molar-refractivity contribution in [2.75, 3.05) is 19.6 Å². The largest absolute Gasteiger partial charge is 0.342 e. The summed E-state index contributed by atoms with van der Waals surface area (Å²) in [6, 6.07) is 0.421. The van der Waals surface area contributed by atoms with Gasteiger partial charge >= 0.3 is 0 Å². The van der Waals surface area contributed by atoms with Gasteiger partial charge < -0.3 is 9.80 Å². The number of likely N-dealkylation sites (tertiary alicyclic amines) is 2. The predicted molar refractivity (Wildman–Crippen MR) is 77.1 cm³/mol. The van der Waals surface area contributed by atoms with Crippen LogP contribution in [0.1, 0.15) is 57.8 Å². The number of carbonyl (C=O) groups is 2. The first-order valence-electron chi connectivity index (χ1n) is 8.34. The maximum Gasteiger partial charge on any atom is 0.227 e. The van der Waals surface area contributed by atoms with Gasteiger partial charge in [0.15, 0.2) is 0 Å². The van der Waals surface area contributed by atoms with E-state index in [1.54, 1.807) is 0 Å². The minimum Gasteiger partial charge on any atom is -0.342 e. The molecule has 3 aliphatic rings. The highest BCUT2D eigenvalue weighted by Gasteiger charge is 2.40. The minimum absolute atomic E-state index is 0.0683. The molecule has 3 rings (SSSR count). The SMILES string of the molecule is O=C([C@@H]1CC(=O)N(C2CCCC2)C1)N1CCCCCC1. The molecule has 4 nitrogen and oxygen atoms in total. The van der Waals surface area contributed by atoms with Crippen molar-refractivity contribution in [3.8, 4) is 0 Å². The number of rotatable bonds is 2. The molecule has 1 aliphatic carbocycles. The lowest BCUT2D eigenvalue weighted by atomic mass is 10.1. The van der Waals surface area contributed by atoms with Crippen LogP contribution in [0.25, 0.3) is 0 Å². The molecule has 2 aliphatic heterocycles. The van der Waals surface area contributed by atoms with Crippen molar-refractivity contribution in [2.24, 2.45) is 5.92 Å². The summed E-state index contributed by atoms with van der Waals surface area (Å²) in [5.74, 6) is 0.381. The van der Waals surface area contributed by atoms with Gasteiger partial charge in [0.1, 0.15) is 0 Å². The van der Waals surface area contributed by atoms with E-state index < -0.39 is 0 Å². The van der Waals surface area contributed by atoms with Gasteiger partial charge in [0.25, 0.3) is 0 Å². The Hall–Kier alpha value is -1.06. The molecule has 0 bridgehead atoms. The Bertz CT molecular complexity index is 369. The van der Waals surface area contributed by atoms with Gasteiger partial charge in [0, 0.05) is 32.1 Å². The molecule has 3 fully saturated rings. The average Bonchev–Trinajstić information content (AvgIpc) is 3.01. The van der Waals surface area contributed by atoms with Crippen LogP contribution < -0.4 is 0 Å². The van der Waals surface area contributed by atoms with Gasteiger partial charge in [0.2, 0.25) is 11.8 Å². The topological polar surface area (TPSA) is 40.6 Å². The molecule has 0 N–H and O–H groups in total. The summed E-state index contributed by atoms with van der Waals surface area (Å²) in [4.78, 5) is 28.8. The van der Waals surface area contributed by atoms with Crippen molar-refractivity contribution in [3.05, 3.63) is 0 Å². The molecule has 0 aromatic carbocycles. The number of hydrogen-bond acceptors (Lipinski definition) is 2. The van der Waals surface area contributed by atoms with Crippen LogP contribution in [-0.4, -0.2) is 47.3 Å². The monoisotopic (exact) mass is 278 g/mol. The fourth-order valence-electron chi connectivity index (χ4n) is 4.02. The highest BCUT2D eigenvalue weighted by atomic mass is 16.2. The van der Waals surface area contributed by atoms with Crippen LogP contribution in [0.3, 0.4) is 0 Å². The molecule has 2 amide bonds. The normalized spacial score (nSPS) is 29.0. The summed E-state index contributed by atoms with van der Waals surface area (Å²) < 4.78 is 0. The van der Waals surface area contributed by atoms with Gasteiger partial charge in [0.05, 0.1) is 5.92 Å². The summed E-state index contributed by atoms with van der Waals surface area (Å²) in [5, 5.41) is 0. The predicted octanol–water partition coefficient (Wildman–Crippen LogP) is 2.18. The Kier molecular flexibility index (Phi) is 4.27. The van der Waals surface area contributed by atoms with Crippen LogP contribution in [0.4, 0.5) is 0 Å². The summed E-state index contributed by atoms with van der Waals surface area (Å²) in [6.45, 7) is 2.47. The molecule has 1 saturated carbocycles. The van der Waals surface area contributed by atoms with Gasteiger partial charge in [-0.1, -0.05) is 25.7 Å². The van der Waals surface area contributed by atoms with Crippen molar-refractivity contribution >= 4 is 11.8 Å². The van der Waals surface area contributed by atoms with Gasteiger partial charge in [-0.3, -0.25) is 9.59 Å². The second-order valence-corrected chi connectivity index (χ2v) is 6.62. The molecule has 112 valence electrons. The van der Waals surface area contributed by atoms with E-state index in [1.165, 1.54) is 25.7 Å². The lowest BCUT2D eigenvalue weighted by molar-refractivity contribution is -0.135. The lowest BCUT2D eigenvalue weighted by Gasteiger charge is -2.26. The smallest absolute Gasteiger partial charge is 0.227 e. The molecular weight excluding hydrogens is 252 g/mol. The summed E-state index contributed by atoms with van der Waals surface area (Å²) in [7, 11) is 0. The van der Waals surface area contributed by atoms with Crippen LogP contribution in [0.5, 0.6) is 0 Å². The van der Waals surface area contributed by atoms with Crippen molar-refractivity contribution < 1.29 is 9.59 Å². The van der Waals surface area contributed by atoms with E-state index in [0.29, 0.717) is 19.0 Å². The third-order valence-corrected chi connectivity index (χ3v) is 5.19. The summed E-state index contributed by atoms with van der Waals surface area (Å²) >= 11 is 0. The van der Waals surface area contributed by atoms with Crippen LogP contribution >= 0.6 is 0 Å². The maximum absolute atomic E-state index is 12.6. The summed E-state index contributed by atoms with van der Waals surface area (Å²) in [5.41, 5.74) is 0. The number of amides is 2. The fourth-order valence-corrected chi connectivity index (χ4v) is 4.02. The molecule has 4 heteroatoms. The Morgan fingerprint density at radius 3 is 2.25 bits per heavy atom. The number of carbonyl (C=O) groups excluding carboxylic acids is 2. The van der Waals surface area contributed by atoms with Crippen LogP contribution in [0.2, 0.25) is 0 Å². The van der Waals surface area contributed by atoms with Crippen molar-refractivity contribution in [3.63, 3.8) is 0 Å². The van der Waals surface area contributed by atoms with Gasteiger partial charge in [-0.2, -0.15) is 0 Å².